The molecule has 0 fully saturated rings. The molecular weight excluding hydrogens is 361 g/mol. The molecule has 0 bridgehead atoms. The predicted molar refractivity (Wildman–Crippen MR) is 92.1 cm³/mol. The van der Waals surface area contributed by atoms with Crippen LogP contribution in [0, 0.1) is 5.82 Å². The lowest BCUT2D eigenvalue weighted by Crippen LogP contribution is -2.24. The van der Waals surface area contributed by atoms with Gasteiger partial charge >= 0.3 is 0 Å². The van der Waals surface area contributed by atoms with E-state index >= 15 is 0 Å². The van der Waals surface area contributed by atoms with Crippen LogP contribution in [-0.2, 0) is 22.3 Å². The highest BCUT2D eigenvalue weighted by Gasteiger charge is 2.16. The SMILES string of the molecule is COc1ccccc1-c1noc(CNS(=O)(=O)Cc2ccc(F)cc2)n1. The number of nitrogens with one attached hydrogen (secondary N) is 1. The van der Waals surface area contributed by atoms with Crippen LogP contribution >= 0.6 is 0 Å². The summed E-state index contributed by atoms with van der Waals surface area (Å²) in [5.41, 5.74) is 1.11. The Morgan fingerprint density at radius 2 is 1.88 bits per heavy atom. The Hall–Kier alpha value is -2.78. The fourth-order valence-electron chi connectivity index (χ4n) is 2.29. The number of ether oxygens (including phenoxy) is 1. The van der Waals surface area contributed by atoms with E-state index in [-0.39, 0.29) is 18.2 Å². The van der Waals surface area contributed by atoms with Crippen LogP contribution < -0.4 is 9.46 Å². The van der Waals surface area contributed by atoms with Gasteiger partial charge in [-0.25, -0.2) is 17.5 Å². The van der Waals surface area contributed by atoms with Crippen molar-refractivity contribution in [1.29, 1.82) is 0 Å². The zero-order valence-electron chi connectivity index (χ0n) is 13.8. The highest BCUT2D eigenvalue weighted by atomic mass is 32.2. The quantitative estimate of drug-likeness (QED) is 0.680. The van der Waals surface area contributed by atoms with Gasteiger partial charge < -0.3 is 9.26 Å². The minimum absolute atomic E-state index is 0.119. The number of para-hydroxylation sites is 1. The monoisotopic (exact) mass is 377 g/mol. The zero-order chi connectivity index (χ0) is 18.6. The summed E-state index contributed by atoms with van der Waals surface area (Å²) in [6.45, 7) is -0.147. The first-order valence-electron chi connectivity index (χ1n) is 7.64. The molecule has 1 heterocycles. The molecule has 136 valence electrons. The number of halogens is 1. The molecule has 26 heavy (non-hydrogen) atoms. The zero-order valence-corrected chi connectivity index (χ0v) is 14.7. The van der Waals surface area contributed by atoms with Gasteiger partial charge in [0.25, 0.3) is 0 Å². The average Bonchev–Trinajstić information content (AvgIpc) is 3.11. The third-order valence-corrected chi connectivity index (χ3v) is 4.83. The molecule has 0 spiro atoms. The van der Waals surface area contributed by atoms with E-state index < -0.39 is 15.8 Å². The Morgan fingerprint density at radius 1 is 1.15 bits per heavy atom. The molecule has 3 aromatic rings. The van der Waals surface area contributed by atoms with Gasteiger partial charge in [0.1, 0.15) is 11.6 Å². The van der Waals surface area contributed by atoms with Crippen molar-refractivity contribution in [1.82, 2.24) is 14.9 Å². The summed E-state index contributed by atoms with van der Waals surface area (Å²) in [5, 5.41) is 3.85. The Balaban J connectivity index is 1.66. The van der Waals surface area contributed by atoms with E-state index in [1.54, 1.807) is 18.2 Å². The molecule has 0 aliphatic carbocycles. The van der Waals surface area contributed by atoms with Gasteiger partial charge in [0, 0.05) is 0 Å². The maximum Gasteiger partial charge on any atom is 0.242 e. The lowest BCUT2D eigenvalue weighted by Gasteiger charge is -2.04. The Labute approximate surface area is 149 Å². The van der Waals surface area contributed by atoms with E-state index in [4.69, 9.17) is 9.26 Å². The number of benzene rings is 2. The van der Waals surface area contributed by atoms with Gasteiger partial charge in [0.05, 0.1) is 25.0 Å². The number of hydrogen-bond donors (Lipinski definition) is 1. The van der Waals surface area contributed by atoms with E-state index in [2.05, 4.69) is 14.9 Å². The van der Waals surface area contributed by atoms with Crippen molar-refractivity contribution < 1.29 is 22.1 Å². The molecule has 0 aliphatic heterocycles. The Kier molecular flexibility index (Phi) is 5.29. The number of nitrogens with zero attached hydrogens (tertiary/aromatic N) is 2. The molecule has 7 nitrogen and oxygen atoms in total. The van der Waals surface area contributed by atoms with E-state index in [1.165, 1.54) is 31.4 Å². The number of methoxy groups -OCH3 is 1. The third kappa shape index (κ3) is 4.44. The molecule has 1 N–H and O–H groups in total. The molecule has 0 saturated carbocycles. The maximum absolute atomic E-state index is 12.9. The van der Waals surface area contributed by atoms with Crippen molar-refractivity contribution >= 4 is 10.0 Å². The van der Waals surface area contributed by atoms with Crippen LogP contribution in [0.1, 0.15) is 11.5 Å². The fourth-order valence-corrected chi connectivity index (χ4v) is 3.36. The normalized spacial score (nSPS) is 11.5. The molecule has 0 aliphatic rings. The molecule has 2 aromatic carbocycles. The molecule has 0 amide bonds. The van der Waals surface area contributed by atoms with Crippen molar-refractivity contribution in [3.8, 4) is 17.1 Å². The molecule has 1 aromatic heterocycles. The van der Waals surface area contributed by atoms with E-state index in [0.717, 1.165) is 0 Å². The van der Waals surface area contributed by atoms with Crippen molar-refractivity contribution in [3.05, 3.63) is 65.8 Å². The van der Waals surface area contributed by atoms with Crippen LogP contribution in [0.3, 0.4) is 0 Å². The number of rotatable bonds is 7. The number of aromatic nitrogens is 2. The Morgan fingerprint density at radius 3 is 2.62 bits per heavy atom. The summed E-state index contributed by atoms with van der Waals surface area (Å²) in [5.74, 6) is 0.301. The second-order valence-electron chi connectivity index (χ2n) is 5.42. The van der Waals surface area contributed by atoms with E-state index in [0.29, 0.717) is 22.7 Å². The highest BCUT2D eigenvalue weighted by Crippen LogP contribution is 2.26. The van der Waals surface area contributed by atoms with Gasteiger partial charge in [0.15, 0.2) is 0 Å². The molecule has 0 radical (unpaired) electrons. The van der Waals surface area contributed by atoms with Crippen molar-refractivity contribution in [2.75, 3.05) is 7.11 Å². The summed E-state index contributed by atoms with van der Waals surface area (Å²) in [6, 6.07) is 12.4. The molecule has 0 saturated heterocycles. The van der Waals surface area contributed by atoms with Gasteiger partial charge in [-0.05, 0) is 29.8 Å². The third-order valence-electron chi connectivity index (χ3n) is 3.53. The Bertz CT molecular complexity index is 987. The predicted octanol–water partition coefficient (Wildman–Crippen LogP) is 2.50. The topological polar surface area (TPSA) is 94.3 Å². The van der Waals surface area contributed by atoms with Crippen molar-refractivity contribution in [2.24, 2.45) is 0 Å². The van der Waals surface area contributed by atoms with Crippen molar-refractivity contribution in [2.45, 2.75) is 12.3 Å². The van der Waals surface area contributed by atoms with Crippen LogP contribution in [0.5, 0.6) is 5.75 Å². The second-order valence-corrected chi connectivity index (χ2v) is 7.23. The van der Waals surface area contributed by atoms with Crippen LogP contribution in [0.2, 0.25) is 0 Å². The fraction of sp³-hybridized carbons (Fsp3) is 0.176. The van der Waals surface area contributed by atoms with Crippen molar-refractivity contribution in [3.63, 3.8) is 0 Å². The smallest absolute Gasteiger partial charge is 0.242 e. The lowest BCUT2D eigenvalue weighted by atomic mass is 10.2. The van der Waals surface area contributed by atoms with Gasteiger partial charge in [-0.3, -0.25) is 0 Å². The average molecular weight is 377 g/mol. The second kappa shape index (κ2) is 7.63. The van der Waals surface area contributed by atoms with Crippen LogP contribution in [0.15, 0.2) is 53.1 Å². The lowest BCUT2D eigenvalue weighted by molar-refractivity contribution is 0.375. The van der Waals surface area contributed by atoms with Gasteiger partial charge in [-0.2, -0.15) is 4.98 Å². The largest absolute Gasteiger partial charge is 0.496 e. The molecule has 9 heteroatoms. The van der Waals surface area contributed by atoms with Gasteiger partial charge in [0.2, 0.25) is 21.7 Å². The van der Waals surface area contributed by atoms with E-state index in [9.17, 15) is 12.8 Å². The highest BCUT2D eigenvalue weighted by molar-refractivity contribution is 7.88. The first-order valence-corrected chi connectivity index (χ1v) is 9.30. The first-order chi connectivity index (χ1) is 12.5. The first kappa shape index (κ1) is 18.0. The molecule has 3 rings (SSSR count). The summed E-state index contributed by atoms with van der Waals surface area (Å²) >= 11 is 0. The summed E-state index contributed by atoms with van der Waals surface area (Å²) in [7, 11) is -2.11. The summed E-state index contributed by atoms with van der Waals surface area (Å²) in [4.78, 5) is 4.18. The number of hydrogen-bond acceptors (Lipinski definition) is 6. The molecule has 0 unspecified atom stereocenters. The van der Waals surface area contributed by atoms with Crippen LogP contribution in [0.4, 0.5) is 4.39 Å². The standard InChI is InChI=1S/C17H16FN3O4S/c1-24-15-5-3-2-4-14(15)17-20-16(25-21-17)10-19-26(22,23)11-12-6-8-13(18)9-7-12/h2-9,19H,10-11H2,1H3. The van der Waals surface area contributed by atoms with E-state index in [1.807, 2.05) is 6.07 Å². The molecular formula is C17H16FN3O4S. The number of sulfonamides is 1. The van der Waals surface area contributed by atoms with Crippen LogP contribution in [-0.4, -0.2) is 25.7 Å². The molecule has 0 atom stereocenters. The van der Waals surface area contributed by atoms with Crippen LogP contribution in [0.25, 0.3) is 11.4 Å². The van der Waals surface area contributed by atoms with Gasteiger partial charge in [-0.15, -0.1) is 0 Å². The summed E-state index contributed by atoms with van der Waals surface area (Å²) in [6.07, 6.45) is 0. The minimum atomic E-state index is -3.64. The van der Waals surface area contributed by atoms with Gasteiger partial charge in [-0.1, -0.05) is 29.4 Å². The minimum Gasteiger partial charge on any atom is -0.496 e. The summed E-state index contributed by atoms with van der Waals surface area (Å²) < 4.78 is 49.8. The maximum atomic E-state index is 12.9.